The van der Waals surface area contributed by atoms with Crippen LogP contribution in [0.3, 0.4) is 0 Å². The van der Waals surface area contributed by atoms with Crippen molar-refractivity contribution >= 4 is 0 Å². The van der Waals surface area contributed by atoms with Crippen LogP contribution >= 0.6 is 0 Å². The Morgan fingerprint density at radius 3 is 2.48 bits per heavy atom. The first-order valence-corrected chi connectivity index (χ1v) is 9.55. The molecule has 0 aromatic heterocycles. The summed E-state index contributed by atoms with van der Waals surface area (Å²) in [5.41, 5.74) is 0.485. The highest BCUT2D eigenvalue weighted by Crippen LogP contribution is 2.39. The summed E-state index contributed by atoms with van der Waals surface area (Å²) in [5.74, 6) is 1.78. The number of hydrogen-bond donors (Lipinski definition) is 1. The fraction of sp³-hybridized carbons (Fsp3) is 1.00. The number of rotatable bonds is 8. The van der Waals surface area contributed by atoms with Crippen molar-refractivity contribution in [3.8, 4) is 0 Å². The Kier molecular flexibility index (Phi) is 6.55. The molecule has 124 valence electrons. The van der Waals surface area contributed by atoms with Crippen LogP contribution in [0, 0.1) is 17.3 Å². The lowest BCUT2D eigenvalue weighted by Crippen LogP contribution is -2.50. The van der Waals surface area contributed by atoms with E-state index in [1.807, 2.05) is 0 Å². The molecule has 0 aromatic carbocycles. The summed E-state index contributed by atoms with van der Waals surface area (Å²) < 4.78 is 0. The molecule has 0 bridgehead atoms. The van der Waals surface area contributed by atoms with Gasteiger partial charge in [-0.25, -0.2) is 0 Å². The van der Waals surface area contributed by atoms with Gasteiger partial charge in [-0.2, -0.15) is 0 Å². The lowest BCUT2D eigenvalue weighted by Gasteiger charge is -2.44. The molecule has 1 aliphatic carbocycles. The van der Waals surface area contributed by atoms with Crippen molar-refractivity contribution in [1.29, 1.82) is 0 Å². The van der Waals surface area contributed by atoms with E-state index in [0.717, 1.165) is 24.4 Å². The van der Waals surface area contributed by atoms with Gasteiger partial charge < -0.3 is 5.32 Å². The molecule has 21 heavy (non-hydrogen) atoms. The number of nitrogens with one attached hydrogen (secondary N) is 1. The third kappa shape index (κ3) is 4.45. The molecule has 2 atom stereocenters. The van der Waals surface area contributed by atoms with Gasteiger partial charge in [0.15, 0.2) is 0 Å². The molecule has 0 radical (unpaired) electrons. The summed E-state index contributed by atoms with van der Waals surface area (Å²) in [6.45, 7) is 14.5. The van der Waals surface area contributed by atoms with Crippen LogP contribution < -0.4 is 5.32 Å². The zero-order valence-corrected chi connectivity index (χ0v) is 15.0. The average Bonchev–Trinajstić information content (AvgIpc) is 2.95. The zero-order valence-electron chi connectivity index (χ0n) is 15.0. The molecule has 2 rings (SSSR count). The van der Waals surface area contributed by atoms with E-state index < -0.39 is 0 Å². The molecule has 0 amide bonds. The average molecular weight is 295 g/mol. The van der Waals surface area contributed by atoms with E-state index in [4.69, 9.17) is 0 Å². The number of piperidine rings is 1. The normalized spacial score (nSPS) is 27.3. The monoisotopic (exact) mass is 294 g/mol. The van der Waals surface area contributed by atoms with Crippen LogP contribution in [0.25, 0.3) is 0 Å². The Bertz CT molecular complexity index is 296. The summed E-state index contributed by atoms with van der Waals surface area (Å²) in [4.78, 5) is 2.88. The molecule has 1 aliphatic heterocycles. The van der Waals surface area contributed by atoms with Gasteiger partial charge in [0.25, 0.3) is 0 Å². The van der Waals surface area contributed by atoms with Crippen molar-refractivity contribution in [2.75, 3.05) is 26.2 Å². The van der Waals surface area contributed by atoms with Crippen LogP contribution in [-0.4, -0.2) is 37.1 Å². The van der Waals surface area contributed by atoms with Gasteiger partial charge in [-0.1, -0.05) is 34.1 Å². The van der Waals surface area contributed by atoms with Crippen LogP contribution in [0.15, 0.2) is 0 Å². The first-order chi connectivity index (χ1) is 10.1. The van der Waals surface area contributed by atoms with Gasteiger partial charge in [0.05, 0.1) is 0 Å². The topological polar surface area (TPSA) is 15.3 Å². The molecule has 1 saturated carbocycles. The Morgan fingerprint density at radius 1 is 1.10 bits per heavy atom. The van der Waals surface area contributed by atoms with Gasteiger partial charge in [0.1, 0.15) is 0 Å². The Morgan fingerprint density at radius 2 is 1.81 bits per heavy atom. The van der Waals surface area contributed by atoms with Crippen LogP contribution in [-0.2, 0) is 0 Å². The van der Waals surface area contributed by atoms with Gasteiger partial charge in [-0.05, 0) is 68.9 Å². The molecule has 2 unspecified atom stereocenters. The number of hydrogen-bond acceptors (Lipinski definition) is 2. The van der Waals surface area contributed by atoms with Crippen molar-refractivity contribution < 1.29 is 0 Å². The quantitative estimate of drug-likeness (QED) is 0.718. The van der Waals surface area contributed by atoms with Crippen LogP contribution in [0.4, 0.5) is 0 Å². The van der Waals surface area contributed by atoms with Crippen LogP contribution in [0.1, 0.15) is 72.6 Å². The van der Waals surface area contributed by atoms with Gasteiger partial charge in [-0.3, -0.25) is 4.90 Å². The van der Waals surface area contributed by atoms with Crippen molar-refractivity contribution in [2.45, 2.75) is 78.7 Å². The van der Waals surface area contributed by atoms with E-state index in [9.17, 15) is 0 Å². The second kappa shape index (κ2) is 7.97. The lowest BCUT2D eigenvalue weighted by molar-refractivity contribution is 0.0532. The van der Waals surface area contributed by atoms with E-state index in [1.165, 1.54) is 64.6 Å². The molecule has 0 aromatic rings. The standard InChI is InChI=1S/C19H38N2/c1-5-19(6-2,14-20-13-16(3)4)15-21-12-8-10-17-9-7-11-18(17)21/h16-18,20H,5-15H2,1-4H3. The van der Waals surface area contributed by atoms with Crippen LogP contribution in [0.5, 0.6) is 0 Å². The summed E-state index contributed by atoms with van der Waals surface area (Å²) >= 11 is 0. The van der Waals surface area contributed by atoms with Crippen molar-refractivity contribution in [2.24, 2.45) is 17.3 Å². The van der Waals surface area contributed by atoms with E-state index in [-0.39, 0.29) is 0 Å². The SMILES string of the molecule is CCC(CC)(CNCC(C)C)CN1CCCC2CCCC21. The predicted molar refractivity (Wildman–Crippen MR) is 92.7 cm³/mol. The maximum absolute atomic E-state index is 3.75. The maximum Gasteiger partial charge on any atom is 0.0124 e. The van der Waals surface area contributed by atoms with E-state index in [0.29, 0.717) is 5.41 Å². The second-order valence-corrected chi connectivity index (χ2v) is 8.10. The smallest absolute Gasteiger partial charge is 0.0124 e. The van der Waals surface area contributed by atoms with Gasteiger partial charge in [0, 0.05) is 19.1 Å². The van der Waals surface area contributed by atoms with Gasteiger partial charge in [-0.15, -0.1) is 0 Å². The van der Waals surface area contributed by atoms with Crippen molar-refractivity contribution in [3.63, 3.8) is 0 Å². The Hall–Kier alpha value is -0.0800. The molecular weight excluding hydrogens is 256 g/mol. The molecule has 2 heteroatoms. The first-order valence-electron chi connectivity index (χ1n) is 9.55. The highest BCUT2D eigenvalue weighted by atomic mass is 15.2. The third-order valence-electron chi connectivity index (χ3n) is 6.20. The maximum atomic E-state index is 3.75. The van der Waals surface area contributed by atoms with Crippen molar-refractivity contribution in [3.05, 3.63) is 0 Å². The summed E-state index contributed by atoms with van der Waals surface area (Å²) in [7, 11) is 0. The number of nitrogens with zero attached hydrogens (tertiary/aromatic N) is 1. The molecule has 1 N–H and O–H groups in total. The second-order valence-electron chi connectivity index (χ2n) is 8.10. The largest absolute Gasteiger partial charge is 0.316 e. The Balaban J connectivity index is 1.94. The molecule has 2 fully saturated rings. The van der Waals surface area contributed by atoms with Gasteiger partial charge >= 0.3 is 0 Å². The molecule has 0 spiro atoms. The minimum atomic E-state index is 0.485. The van der Waals surface area contributed by atoms with Crippen molar-refractivity contribution in [1.82, 2.24) is 10.2 Å². The van der Waals surface area contributed by atoms with E-state index >= 15 is 0 Å². The fourth-order valence-electron chi connectivity index (χ4n) is 4.59. The molecule has 1 saturated heterocycles. The first kappa shape index (κ1) is 17.3. The lowest BCUT2D eigenvalue weighted by atomic mass is 9.79. The van der Waals surface area contributed by atoms with Gasteiger partial charge in [0.2, 0.25) is 0 Å². The third-order valence-corrected chi connectivity index (χ3v) is 6.20. The highest BCUT2D eigenvalue weighted by Gasteiger charge is 2.38. The number of fused-ring (bicyclic) bond motifs is 1. The molecule has 1 heterocycles. The Labute approximate surface area is 133 Å². The van der Waals surface area contributed by atoms with Crippen LogP contribution in [0.2, 0.25) is 0 Å². The van der Waals surface area contributed by atoms with E-state index in [2.05, 4.69) is 37.9 Å². The fourth-order valence-corrected chi connectivity index (χ4v) is 4.59. The molecule has 2 nitrogen and oxygen atoms in total. The predicted octanol–water partition coefficient (Wildman–Crippen LogP) is 4.30. The summed E-state index contributed by atoms with van der Waals surface area (Å²) in [6, 6.07) is 0.918. The highest BCUT2D eigenvalue weighted by molar-refractivity contribution is 4.93. The minimum absolute atomic E-state index is 0.485. The molecular formula is C19H38N2. The zero-order chi connectivity index (χ0) is 15.3. The summed E-state index contributed by atoms with van der Waals surface area (Å²) in [6.07, 6.45) is 9.99. The molecule has 2 aliphatic rings. The summed E-state index contributed by atoms with van der Waals surface area (Å²) in [5, 5.41) is 3.75. The minimum Gasteiger partial charge on any atom is -0.316 e. The van der Waals surface area contributed by atoms with E-state index in [1.54, 1.807) is 0 Å². The number of likely N-dealkylation sites (tertiary alicyclic amines) is 1.